The molecule has 0 radical (unpaired) electrons. The second-order valence-corrected chi connectivity index (χ2v) is 4.26. The van der Waals surface area contributed by atoms with Gasteiger partial charge < -0.3 is 19.1 Å². The predicted molar refractivity (Wildman–Crippen MR) is 73.7 cm³/mol. The van der Waals surface area contributed by atoms with Crippen molar-refractivity contribution in [1.29, 1.82) is 0 Å². The van der Waals surface area contributed by atoms with E-state index in [-0.39, 0.29) is 0 Å². The number of halogens is 1. The number of hydrogen-bond donors (Lipinski definition) is 0. The smallest absolute Gasteiger partial charge is 0.158 e. The van der Waals surface area contributed by atoms with Gasteiger partial charge in [-0.2, -0.15) is 0 Å². The van der Waals surface area contributed by atoms with Gasteiger partial charge in [-0.1, -0.05) is 11.6 Å². The molecular formula is C12H20ClN3O3. The standard InChI is InChI=1S/C12H20ClN3O3/c1-17-6-4-16(5-7-18-2)12-8-10(13)14-11(15-12)9-19-3/h8H,4-7,9H2,1-3H3. The molecule has 0 amide bonds. The van der Waals surface area contributed by atoms with Crippen LogP contribution >= 0.6 is 11.6 Å². The van der Waals surface area contributed by atoms with Crippen LogP contribution in [0.2, 0.25) is 5.15 Å². The zero-order valence-corrected chi connectivity index (χ0v) is 12.3. The molecule has 0 aromatic carbocycles. The van der Waals surface area contributed by atoms with Gasteiger partial charge >= 0.3 is 0 Å². The monoisotopic (exact) mass is 289 g/mol. The number of ether oxygens (including phenoxy) is 3. The van der Waals surface area contributed by atoms with Crippen LogP contribution in [-0.4, -0.2) is 57.6 Å². The number of nitrogens with zero attached hydrogens (tertiary/aromatic N) is 3. The molecule has 7 heteroatoms. The first-order chi connectivity index (χ1) is 9.21. The van der Waals surface area contributed by atoms with Crippen molar-refractivity contribution in [2.75, 3.05) is 52.5 Å². The van der Waals surface area contributed by atoms with E-state index in [0.717, 1.165) is 5.82 Å². The lowest BCUT2D eigenvalue weighted by Gasteiger charge is -2.23. The van der Waals surface area contributed by atoms with Gasteiger partial charge in [0.25, 0.3) is 0 Å². The number of rotatable bonds is 9. The van der Waals surface area contributed by atoms with Crippen molar-refractivity contribution in [2.24, 2.45) is 0 Å². The highest BCUT2D eigenvalue weighted by Gasteiger charge is 2.11. The Balaban J connectivity index is 2.85. The van der Waals surface area contributed by atoms with E-state index >= 15 is 0 Å². The highest BCUT2D eigenvalue weighted by atomic mass is 35.5. The van der Waals surface area contributed by atoms with Crippen molar-refractivity contribution in [2.45, 2.75) is 6.61 Å². The van der Waals surface area contributed by atoms with Crippen LogP contribution < -0.4 is 4.90 Å². The van der Waals surface area contributed by atoms with Crippen LogP contribution in [0.4, 0.5) is 5.82 Å². The van der Waals surface area contributed by atoms with Gasteiger partial charge in [0, 0.05) is 40.5 Å². The van der Waals surface area contributed by atoms with Gasteiger partial charge in [-0.05, 0) is 0 Å². The average Bonchev–Trinajstić information content (AvgIpc) is 2.38. The van der Waals surface area contributed by atoms with Crippen molar-refractivity contribution in [3.63, 3.8) is 0 Å². The molecule has 1 heterocycles. The second kappa shape index (κ2) is 9.03. The molecule has 108 valence electrons. The summed E-state index contributed by atoms with van der Waals surface area (Å²) in [5, 5.41) is 0.400. The van der Waals surface area contributed by atoms with Crippen LogP contribution in [0.5, 0.6) is 0 Å². The SMILES string of the molecule is COCCN(CCOC)c1cc(Cl)nc(COC)n1. The van der Waals surface area contributed by atoms with Crippen LogP contribution in [-0.2, 0) is 20.8 Å². The molecule has 0 unspecified atom stereocenters. The molecule has 0 aliphatic carbocycles. The van der Waals surface area contributed by atoms with Crippen molar-refractivity contribution in [3.8, 4) is 0 Å². The highest BCUT2D eigenvalue weighted by Crippen LogP contribution is 2.16. The maximum atomic E-state index is 6.00. The van der Waals surface area contributed by atoms with Crippen molar-refractivity contribution >= 4 is 17.4 Å². The Morgan fingerprint density at radius 2 is 1.68 bits per heavy atom. The first kappa shape index (κ1) is 16.1. The summed E-state index contributed by atoms with van der Waals surface area (Å²) in [6, 6.07) is 1.73. The van der Waals surface area contributed by atoms with Crippen molar-refractivity contribution < 1.29 is 14.2 Å². The predicted octanol–water partition coefficient (Wildman–Crippen LogP) is 1.38. The van der Waals surface area contributed by atoms with E-state index in [0.29, 0.717) is 43.9 Å². The number of methoxy groups -OCH3 is 3. The summed E-state index contributed by atoms with van der Waals surface area (Å²) in [7, 11) is 4.92. The number of hydrogen-bond acceptors (Lipinski definition) is 6. The fourth-order valence-electron chi connectivity index (χ4n) is 1.55. The maximum absolute atomic E-state index is 6.00. The summed E-state index contributed by atoms with van der Waals surface area (Å²) in [6.45, 7) is 2.95. The quantitative estimate of drug-likeness (QED) is 0.640. The van der Waals surface area contributed by atoms with Crippen LogP contribution in [0.25, 0.3) is 0 Å². The van der Waals surface area contributed by atoms with Gasteiger partial charge in [0.15, 0.2) is 5.82 Å². The van der Waals surface area contributed by atoms with E-state index < -0.39 is 0 Å². The van der Waals surface area contributed by atoms with Crippen LogP contribution in [0, 0.1) is 0 Å². The van der Waals surface area contributed by atoms with E-state index in [2.05, 4.69) is 9.97 Å². The molecule has 0 bridgehead atoms. The van der Waals surface area contributed by atoms with E-state index in [1.54, 1.807) is 27.4 Å². The third-order valence-corrected chi connectivity index (χ3v) is 2.65. The van der Waals surface area contributed by atoms with Gasteiger partial charge in [-0.25, -0.2) is 9.97 Å². The normalized spacial score (nSPS) is 10.7. The Bertz CT molecular complexity index is 371. The molecule has 0 aliphatic heterocycles. The Morgan fingerprint density at radius 3 is 2.21 bits per heavy atom. The Morgan fingerprint density at radius 1 is 1.05 bits per heavy atom. The van der Waals surface area contributed by atoms with Gasteiger partial charge in [-0.3, -0.25) is 0 Å². The Kier molecular flexibility index (Phi) is 7.66. The van der Waals surface area contributed by atoms with Crippen molar-refractivity contribution in [3.05, 3.63) is 17.0 Å². The summed E-state index contributed by atoms with van der Waals surface area (Å²) in [4.78, 5) is 10.6. The Labute approximate surface area is 118 Å². The first-order valence-corrected chi connectivity index (χ1v) is 6.34. The fraction of sp³-hybridized carbons (Fsp3) is 0.667. The topological polar surface area (TPSA) is 56.7 Å². The van der Waals surface area contributed by atoms with Crippen LogP contribution in [0.15, 0.2) is 6.07 Å². The molecule has 0 N–H and O–H groups in total. The van der Waals surface area contributed by atoms with Gasteiger partial charge in [0.2, 0.25) is 0 Å². The number of anilines is 1. The summed E-state index contributed by atoms with van der Waals surface area (Å²) >= 11 is 6.00. The third kappa shape index (κ3) is 5.69. The van der Waals surface area contributed by atoms with Gasteiger partial charge in [0.05, 0.1) is 13.2 Å². The van der Waals surface area contributed by atoms with Crippen molar-refractivity contribution in [1.82, 2.24) is 9.97 Å². The molecule has 0 atom stereocenters. The minimum atomic E-state index is 0.329. The molecular weight excluding hydrogens is 270 g/mol. The van der Waals surface area contributed by atoms with E-state index in [9.17, 15) is 0 Å². The molecule has 1 aromatic rings. The first-order valence-electron chi connectivity index (χ1n) is 5.96. The molecule has 6 nitrogen and oxygen atoms in total. The number of aromatic nitrogens is 2. The molecule has 19 heavy (non-hydrogen) atoms. The third-order valence-electron chi connectivity index (χ3n) is 2.46. The summed E-state index contributed by atoms with van der Waals surface area (Å²) in [5.41, 5.74) is 0. The summed E-state index contributed by atoms with van der Waals surface area (Å²) < 4.78 is 15.2. The lowest BCUT2D eigenvalue weighted by Crippen LogP contribution is -2.31. The minimum Gasteiger partial charge on any atom is -0.383 e. The molecule has 0 fully saturated rings. The Hall–Kier alpha value is -0.950. The zero-order valence-electron chi connectivity index (χ0n) is 11.6. The molecule has 1 aromatic heterocycles. The van der Waals surface area contributed by atoms with E-state index in [1.807, 2.05) is 4.90 Å². The molecule has 0 saturated heterocycles. The average molecular weight is 290 g/mol. The lowest BCUT2D eigenvalue weighted by atomic mass is 10.4. The fourth-order valence-corrected chi connectivity index (χ4v) is 1.75. The molecule has 0 saturated carbocycles. The van der Waals surface area contributed by atoms with Gasteiger partial charge in [-0.15, -0.1) is 0 Å². The lowest BCUT2D eigenvalue weighted by molar-refractivity contribution is 0.177. The molecule has 1 rings (SSSR count). The van der Waals surface area contributed by atoms with E-state index in [1.165, 1.54) is 0 Å². The highest BCUT2D eigenvalue weighted by molar-refractivity contribution is 6.29. The molecule has 0 aliphatic rings. The van der Waals surface area contributed by atoms with Crippen LogP contribution in [0.1, 0.15) is 5.82 Å². The molecule has 0 spiro atoms. The second-order valence-electron chi connectivity index (χ2n) is 3.87. The maximum Gasteiger partial charge on any atom is 0.158 e. The zero-order chi connectivity index (χ0) is 14.1. The van der Waals surface area contributed by atoms with Crippen LogP contribution in [0.3, 0.4) is 0 Å². The van der Waals surface area contributed by atoms with E-state index in [4.69, 9.17) is 25.8 Å². The van der Waals surface area contributed by atoms with Gasteiger partial charge in [0.1, 0.15) is 17.6 Å². The summed E-state index contributed by atoms with van der Waals surface area (Å²) in [5.74, 6) is 1.31. The summed E-state index contributed by atoms with van der Waals surface area (Å²) in [6.07, 6.45) is 0. The minimum absolute atomic E-state index is 0.329. The largest absolute Gasteiger partial charge is 0.383 e.